The number of carbonyl (C=O) groups excluding carboxylic acids is 1. The Balaban J connectivity index is 1.77. The van der Waals surface area contributed by atoms with Gasteiger partial charge in [0.2, 0.25) is 0 Å². The van der Waals surface area contributed by atoms with Crippen LogP contribution in [0.2, 0.25) is 0 Å². The van der Waals surface area contributed by atoms with Gasteiger partial charge in [-0.3, -0.25) is 4.79 Å². The summed E-state index contributed by atoms with van der Waals surface area (Å²) in [5.74, 6) is 1.49. The van der Waals surface area contributed by atoms with Crippen LogP contribution in [0.15, 0.2) is 48.5 Å². The molecule has 4 heteroatoms. The summed E-state index contributed by atoms with van der Waals surface area (Å²) in [5, 5.41) is 2.84. The quantitative estimate of drug-likeness (QED) is 0.795. The Morgan fingerprint density at radius 3 is 2.43 bits per heavy atom. The minimum atomic E-state index is -0.116. The van der Waals surface area contributed by atoms with Crippen molar-refractivity contribution >= 4 is 5.91 Å². The van der Waals surface area contributed by atoms with Crippen molar-refractivity contribution in [3.63, 3.8) is 0 Å². The van der Waals surface area contributed by atoms with Gasteiger partial charge in [0.15, 0.2) is 0 Å². The van der Waals surface area contributed by atoms with Gasteiger partial charge < -0.3 is 14.8 Å². The van der Waals surface area contributed by atoms with Gasteiger partial charge in [-0.15, -0.1) is 0 Å². The molecular formula is C19H23NO3. The molecular weight excluding hydrogens is 290 g/mol. The van der Waals surface area contributed by atoms with E-state index in [4.69, 9.17) is 9.47 Å². The first kappa shape index (κ1) is 16.9. The molecule has 1 N–H and O–H groups in total. The van der Waals surface area contributed by atoms with Crippen LogP contribution in [-0.2, 0) is 0 Å². The number of rotatable bonds is 7. The van der Waals surface area contributed by atoms with Crippen LogP contribution in [0.1, 0.15) is 29.8 Å². The zero-order valence-electron chi connectivity index (χ0n) is 13.8. The molecule has 0 atom stereocenters. The first-order valence-corrected chi connectivity index (χ1v) is 7.79. The number of para-hydroxylation sites is 1. The van der Waals surface area contributed by atoms with Crippen LogP contribution >= 0.6 is 0 Å². The lowest BCUT2D eigenvalue weighted by molar-refractivity contribution is 0.0947. The lowest BCUT2D eigenvalue weighted by atomic mass is 10.2. The molecule has 122 valence electrons. The molecule has 4 nitrogen and oxygen atoms in total. The van der Waals surface area contributed by atoms with Gasteiger partial charge in [0.25, 0.3) is 5.91 Å². The summed E-state index contributed by atoms with van der Waals surface area (Å²) in [4.78, 5) is 12.0. The van der Waals surface area contributed by atoms with Crippen LogP contribution in [0.5, 0.6) is 11.5 Å². The second kappa shape index (κ2) is 8.22. The summed E-state index contributed by atoms with van der Waals surface area (Å²) in [6.45, 7) is 6.82. The van der Waals surface area contributed by atoms with Crippen molar-refractivity contribution in [2.45, 2.75) is 26.9 Å². The summed E-state index contributed by atoms with van der Waals surface area (Å²) in [6, 6.07) is 14.9. The third-order valence-electron chi connectivity index (χ3n) is 3.23. The van der Waals surface area contributed by atoms with E-state index in [9.17, 15) is 4.79 Å². The van der Waals surface area contributed by atoms with E-state index in [-0.39, 0.29) is 12.0 Å². The van der Waals surface area contributed by atoms with Crippen molar-refractivity contribution in [2.24, 2.45) is 0 Å². The molecule has 0 aliphatic heterocycles. The fourth-order valence-electron chi connectivity index (χ4n) is 2.10. The highest BCUT2D eigenvalue weighted by Gasteiger charge is 2.06. The summed E-state index contributed by atoms with van der Waals surface area (Å²) in [7, 11) is 0. The third-order valence-corrected chi connectivity index (χ3v) is 3.23. The first-order chi connectivity index (χ1) is 11.1. The highest BCUT2D eigenvalue weighted by molar-refractivity contribution is 5.94. The van der Waals surface area contributed by atoms with E-state index >= 15 is 0 Å². The number of carbonyl (C=O) groups is 1. The van der Waals surface area contributed by atoms with E-state index in [1.54, 1.807) is 24.3 Å². The average molecular weight is 313 g/mol. The van der Waals surface area contributed by atoms with Gasteiger partial charge in [0.05, 0.1) is 12.6 Å². The van der Waals surface area contributed by atoms with E-state index in [1.165, 1.54) is 0 Å². The Bertz CT molecular complexity index is 635. The van der Waals surface area contributed by atoms with Crippen LogP contribution in [0.25, 0.3) is 0 Å². The van der Waals surface area contributed by atoms with Gasteiger partial charge in [0.1, 0.15) is 18.1 Å². The van der Waals surface area contributed by atoms with Crippen molar-refractivity contribution in [3.05, 3.63) is 59.7 Å². The summed E-state index contributed by atoms with van der Waals surface area (Å²) < 4.78 is 11.2. The molecule has 0 aromatic heterocycles. The van der Waals surface area contributed by atoms with E-state index in [0.29, 0.717) is 18.7 Å². The van der Waals surface area contributed by atoms with Gasteiger partial charge >= 0.3 is 0 Å². The van der Waals surface area contributed by atoms with E-state index < -0.39 is 0 Å². The fourth-order valence-corrected chi connectivity index (χ4v) is 2.10. The van der Waals surface area contributed by atoms with E-state index in [0.717, 1.165) is 17.1 Å². The molecule has 2 aromatic rings. The number of benzene rings is 2. The van der Waals surface area contributed by atoms with Crippen LogP contribution in [0, 0.1) is 6.92 Å². The highest BCUT2D eigenvalue weighted by atomic mass is 16.5. The highest BCUT2D eigenvalue weighted by Crippen LogP contribution is 2.16. The third kappa shape index (κ3) is 5.33. The molecule has 0 aliphatic rings. The fraction of sp³-hybridized carbons (Fsp3) is 0.316. The van der Waals surface area contributed by atoms with Crippen molar-refractivity contribution < 1.29 is 14.3 Å². The number of aryl methyl sites for hydroxylation is 1. The van der Waals surface area contributed by atoms with Gasteiger partial charge in [-0.1, -0.05) is 18.2 Å². The molecule has 0 unspecified atom stereocenters. The normalized spacial score (nSPS) is 10.4. The predicted octanol–water partition coefficient (Wildman–Crippen LogP) is 3.59. The zero-order chi connectivity index (χ0) is 16.7. The largest absolute Gasteiger partial charge is 0.491 e. The van der Waals surface area contributed by atoms with Gasteiger partial charge in [-0.2, -0.15) is 0 Å². The van der Waals surface area contributed by atoms with Gasteiger partial charge in [-0.05, 0) is 56.7 Å². The first-order valence-electron chi connectivity index (χ1n) is 7.79. The Morgan fingerprint density at radius 1 is 1.09 bits per heavy atom. The maximum absolute atomic E-state index is 12.0. The Labute approximate surface area is 137 Å². The van der Waals surface area contributed by atoms with Crippen LogP contribution in [0.4, 0.5) is 0 Å². The smallest absolute Gasteiger partial charge is 0.251 e. The Hall–Kier alpha value is -2.49. The van der Waals surface area contributed by atoms with Gasteiger partial charge in [0, 0.05) is 5.56 Å². The predicted molar refractivity (Wildman–Crippen MR) is 91.2 cm³/mol. The van der Waals surface area contributed by atoms with E-state index in [1.807, 2.05) is 45.0 Å². The summed E-state index contributed by atoms with van der Waals surface area (Å²) >= 11 is 0. The van der Waals surface area contributed by atoms with Crippen molar-refractivity contribution in [1.82, 2.24) is 5.32 Å². The monoisotopic (exact) mass is 313 g/mol. The van der Waals surface area contributed by atoms with Gasteiger partial charge in [-0.25, -0.2) is 0 Å². The minimum Gasteiger partial charge on any atom is -0.491 e. The lowest BCUT2D eigenvalue weighted by Gasteiger charge is -2.11. The molecule has 1 amide bonds. The SMILES string of the molecule is Cc1ccccc1OCCNC(=O)c1ccc(OC(C)C)cc1. The van der Waals surface area contributed by atoms with Crippen LogP contribution < -0.4 is 14.8 Å². The second-order valence-electron chi connectivity index (χ2n) is 5.56. The van der Waals surface area contributed by atoms with Crippen molar-refractivity contribution in [3.8, 4) is 11.5 Å². The summed E-state index contributed by atoms with van der Waals surface area (Å²) in [5.41, 5.74) is 1.69. The molecule has 2 rings (SSSR count). The standard InChI is InChI=1S/C19H23NO3/c1-14(2)23-17-10-8-16(9-11-17)19(21)20-12-13-22-18-7-5-4-6-15(18)3/h4-11,14H,12-13H2,1-3H3,(H,20,21). The van der Waals surface area contributed by atoms with Crippen molar-refractivity contribution in [2.75, 3.05) is 13.2 Å². The number of nitrogens with one attached hydrogen (secondary N) is 1. The van der Waals surface area contributed by atoms with Crippen molar-refractivity contribution in [1.29, 1.82) is 0 Å². The van der Waals surface area contributed by atoms with E-state index in [2.05, 4.69) is 5.32 Å². The molecule has 0 saturated carbocycles. The Morgan fingerprint density at radius 2 is 1.78 bits per heavy atom. The molecule has 0 aliphatic carbocycles. The second-order valence-corrected chi connectivity index (χ2v) is 5.56. The molecule has 0 radical (unpaired) electrons. The molecule has 0 bridgehead atoms. The molecule has 0 heterocycles. The molecule has 2 aromatic carbocycles. The maximum Gasteiger partial charge on any atom is 0.251 e. The maximum atomic E-state index is 12.0. The minimum absolute atomic E-state index is 0.116. The number of hydrogen-bond donors (Lipinski definition) is 1. The summed E-state index contributed by atoms with van der Waals surface area (Å²) in [6.07, 6.45) is 0.119. The number of ether oxygens (including phenoxy) is 2. The number of hydrogen-bond acceptors (Lipinski definition) is 3. The van der Waals surface area contributed by atoms with Crippen LogP contribution in [0.3, 0.4) is 0 Å². The molecule has 23 heavy (non-hydrogen) atoms. The number of amides is 1. The average Bonchev–Trinajstić information content (AvgIpc) is 2.53. The van der Waals surface area contributed by atoms with Crippen LogP contribution in [-0.4, -0.2) is 25.2 Å². The molecule has 0 fully saturated rings. The topological polar surface area (TPSA) is 47.6 Å². The zero-order valence-corrected chi connectivity index (χ0v) is 13.8. The Kier molecular flexibility index (Phi) is 6.03. The molecule has 0 saturated heterocycles. The lowest BCUT2D eigenvalue weighted by Crippen LogP contribution is -2.28. The molecule has 0 spiro atoms.